The van der Waals surface area contributed by atoms with Crippen molar-refractivity contribution in [1.82, 2.24) is 10.3 Å². The summed E-state index contributed by atoms with van der Waals surface area (Å²) in [6, 6.07) is 2.60. The number of carbonyl (C=O) groups excluding carboxylic acids is 3. The molecule has 33 heavy (non-hydrogen) atoms. The largest absolute Gasteiger partial charge is 0.458 e. The molecule has 2 atom stereocenters. The fourth-order valence-electron chi connectivity index (χ4n) is 3.80. The van der Waals surface area contributed by atoms with Gasteiger partial charge in [0.2, 0.25) is 12.2 Å². The van der Waals surface area contributed by atoms with Crippen LogP contribution in [0.25, 0.3) is 0 Å². The second-order valence-electron chi connectivity index (χ2n) is 8.82. The fraction of sp³-hybridized carbons (Fsp3) is 0.636. The van der Waals surface area contributed by atoms with E-state index in [1.165, 1.54) is 19.2 Å². The van der Waals surface area contributed by atoms with E-state index < -0.39 is 47.2 Å². The third-order valence-corrected chi connectivity index (χ3v) is 5.53. The third kappa shape index (κ3) is 6.61. The van der Waals surface area contributed by atoms with Crippen LogP contribution in [0.3, 0.4) is 0 Å². The first-order valence-corrected chi connectivity index (χ1v) is 10.9. The van der Waals surface area contributed by atoms with Gasteiger partial charge in [0, 0.05) is 24.1 Å². The number of ether oxygens (including phenoxy) is 4. The van der Waals surface area contributed by atoms with E-state index in [2.05, 4.69) is 15.0 Å². The second kappa shape index (κ2) is 10.8. The Morgan fingerprint density at radius 1 is 1.27 bits per heavy atom. The Kier molecular flexibility index (Phi) is 8.78. The maximum absolute atomic E-state index is 14.8. The van der Waals surface area contributed by atoms with Gasteiger partial charge in [0.1, 0.15) is 16.9 Å². The minimum absolute atomic E-state index is 0.0122. The highest BCUT2D eigenvalue weighted by atomic mass is 35.5. The molecule has 2 unspecified atom stereocenters. The highest BCUT2D eigenvalue weighted by molar-refractivity contribution is 6.29. The molecule has 1 N–H and O–H groups in total. The molecule has 0 spiro atoms. The van der Waals surface area contributed by atoms with Crippen LogP contribution >= 0.6 is 11.6 Å². The summed E-state index contributed by atoms with van der Waals surface area (Å²) >= 11 is 5.79. The molecule has 1 aliphatic carbocycles. The Bertz CT molecular complexity index is 884. The van der Waals surface area contributed by atoms with Gasteiger partial charge in [-0.1, -0.05) is 17.7 Å². The lowest BCUT2D eigenvalue weighted by Gasteiger charge is -2.51. The Hall–Kier alpha value is -2.30. The molecule has 0 amide bonds. The van der Waals surface area contributed by atoms with Crippen molar-refractivity contribution in [3.8, 4) is 0 Å². The van der Waals surface area contributed by atoms with E-state index in [1.807, 2.05) is 0 Å². The third-order valence-electron chi connectivity index (χ3n) is 5.32. The maximum Gasteiger partial charge on any atom is 0.417 e. The monoisotopic (exact) mass is 488 g/mol. The molecule has 0 bridgehead atoms. The van der Waals surface area contributed by atoms with Crippen LogP contribution in [0.15, 0.2) is 12.1 Å². The molecule has 1 heterocycles. The van der Waals surface area contributed by atoms with Crippen molar-refractivity contribution in [1.29, 1.82) is 0 Å². The van der Waals surface area contributed by atoms with Crippen LogP contribution in [0.5, 0.6) is 0 Å². The zero-order valence-electron chi connectivity index (χ0n) is 19.6. The van der Waals surface area contributed by atoms with E-state index in [9.17, 15) is 18.8 Å². The van der Waals surface area contributed by atoms with Crippen LogP contribution in [0.4, 0.5) is 4.39 Å². The van der Waals surface area contributed by atoms with Gasteiger partial charge in [-0.25, -0.2) is 19.4 Å². The Labute approximate surface area is 197 Å². The molecule has 184 valence electrons. The molecule has 1 saturated carbocycles. The molecule has 0 aliphatic heterocycles. The zero-order valence-corrected chi connectivity index (χ0v) is 20.3. The Balaban J connectivity index is 2.22. The number of methoxy groups -OCH3 is 1. The predicted molar refractivity (Wildman–Crippen MR) is 116 cm³/mol. The number of rotatable bonds is 8. The van der Waals surface area contributed by atoms with Crippen LogP contribution in [0, 0.1) is 5.95 Å². The lowest BCUT2D eigenvalue weighted by Crippen LogP contribution is -2.61. The molecule has 0 radical (unpaired) electrons. The van der Waals surface area contributed by atoms with E-state index in [4.69, 9.17) is 25.8 Å². The van der Waals surface area contributed by atoms with Crippen LogP contribution < -0.4 is 5.32 Å². The van der Waals surface area contributed by atoms with Gasteiger partial charge in [0.05, 0.1) is 6.61 Å². The van der Waals surface area contributed by atoms with Crippen molar-refractivity contribution in [2.24, 2.45) is 0 Å². The summed E-state index contributed by atoms with van der Waals surface area (Å²) in [5.41, 5.74) is -1.54. The number of pyridine rings is 1. The zero-order chi connectivity index (χ0) is 25.0. The quantitative estimate of drug-likeness (QED) is 0.194. The van der Waals surface area contributed by atoms with Gasteiger partial charge >= 0.3 is 17.9 Å². The number of nitrogens with one attached hydrogen (secondary N) is 1. The van der Waals surface area contributed by atoms with Crippen molar-refractivity contribution in [2.45, 2.75) is 76.9 Å². The SMILES string of the molecule is CCOC(=O)C(=O)OC(C)C1(c2ccc(Cl)nc2F)CC(NC(OC)C(=O)OC(C)(C)C)C1. The van der Waals surface area contributed by atoms with E-state index in [0.717, 1.165) is 0 Å². The first-order valence-electron chi connectivity index (χ1n) is 10.5. The molecule has 11 heteroatoms. The molecule has 1 fully saturated rings. The van der Waals surface area contributed by atoms with Crippen molar-refractivity contribution >= 4 is 29.5 Å². The molecule has 2 rings (SSSR count). The summed E-state index contributed by atoms with van der Waals surface area (Å²) in [4.78, 5) is 39.9. The second-order valence-corrected chi connectivity index (χ2v) is 9.20. The Morgan fingerprint density at radius 2 is 1.91 bits per heavy atom. The molecular weight excluding hydrogens is 459 g/mol. The summed E-state index contributed by atoms with van der Waals surface area (Å²) in [6.45, 7) is 8.34. The van der Waals surface area contributed by atoms with Crippen LogP contribution in [-0.4, -0.2) is 60.6 Å². The molecular formula is C22H30ClFN2O7. The Morgan fingerprint density at radius 3 is 2.42 bits per heavy atom. The number of hydrogen-bond acceptors (Lipinski definition) is 9. The summed E-state index contributed by atoms with van der Waals surface area (Å²) < 4.78 is 35.3. The summed E-state index contributed by atoms with van der Waals surface area (Å²) in [5, 5.41) is 3.01. The first kappa shape index (κ1) is 26.9. The van der Waals surface area contributed by atoms with Gasteiger partial charge in [-0.3, -0.25) is 5.32 Å². The van der Waals surface area contributed by atoms with Gasteiger partial charge < -0.3 is 18.9 Å². The number of halogens is 2. The highest BCUT2D eigenvalue weighted by Gasteiger charge is 2.54. The molecule has 0 saturated heterocycles. The van der Waals surface area contributed by atoms with Crippen molar-refractivity contribution in [2.75, 3.05) is 13.7 Å². The van der Waals surface area contributed by atoms with Crippen molar-refractivity contribution in [3.05, 3.63) is 28.8 Å². The highest BCUT2D eigenvalue weighted by Crippen LogP contribution is 2.48. The average Bonchev–Trinajstić information content (AvgIpc) is 2.66. The molecule has 1 aliphatic rings. The summed E-state index contributed by atoms with van der Waals surface area (Å²) in [5.74, 6) is -3.71. The molecule has 1 aromatic heterocycles. The van der Waals surface area contributed by atoms with Crippen LogP contribution in [0.2, 0.25) is 5.15 Å². The number of esters is 3. The lowest BCUT2D eigenvalue weighted by molar-refractivity contribution is -0.175. The number of hydrogen-bond donors (Lipinski definition) is 1. The summed E-state index contributed by atoms with van der Waals surface area (Å²) in [7, 11) is 1.36. The van der Waals surface area contributed by atoms with Crippen LogP contribution in [0.1, 0.15) is 53.0 Å². The first-order chi connectivity index (χ1) is 15.3. The van der Waals surface area contributed by atoms with Gasteiger partial charge in [0.25, 0.3) is 0 Å². The topological polar surface area (TPSA) is 113 Å². The minimum atomic E-state index is -1.18. The van der Waals surface area contributed by atoms with Crippen molar-refractivity contribution < 1.29 is 37.7 Å². The van der Waals surface area contributed by atoms with E-state index in [0.29, 0.717) is 0 Å². The fourth-order valence-corrected chi connectivity index (χ4v) is 3.94. The molecule has 1 aromatic rings. The smallest absolute Gasteiger partial charge is 0.417 e. The lowest BCUT2D eigenvalue weighted by atomic mass is 9.59. The maximum atomic E-state index is 14.8. The number of carbonyl (C=O) groups is 3. The van der Waals surface area contributed by atoms with E-state index in [1.54, 1.807) is 34.6 Å². The standard InChI is InChI=1S/C22H30ClFN2O7/c1-7-31-19(28)20(29)32-12(2)22(14-8-9-15(23)26-16(14)24)10-13(11-22)25-17(30-6)18(27)33-21(3,4)5/h8-9,12-13,17,25H,7,10-11H2,1-6H3. The minimum Gasteiger partial charge on any atom is -0.458 e. The molecule has 9 nitrogen and oxygen atoms in total. The van der Waals surface area contributed by atoms with E-state index >= 15 is 0 Å². The van der Waals surface area contributed by atoms with Crippen molar-refractivity contribution in [3.63, 3.8) is 0 Å². The van der Waals surface area contributed by atoms with Gasteiger partial charge in [-0.2, -0.15) is 4.39 Å². The predicted octanol–water partition coefficient (Wildman–Crippen LogP) is 2.67. The van der Waals surface area contributed by atoms with E-state index in [-0.39, 0.29) is 36.2 Å². The number of nitrogens with zero attached hydrogens (tertiary/aromatic N) is 1. The van der Waals surface area contributed by atoms with Gasteiger partial charge in [-0.05, 0) is 53.5 Å². The average molecular weight is 489 g/mol. The number of aromatic nitrogens is 1. The van der Waals surface area contributed by atoms with Gasteiger partial charge in [0.15, 0.2) is 0 Å². The van der Waals surface area contributed by atoms with Gasteiger partial charge in [-0.15, -0.1) is 0 Å². The van der Waals surface area contributed by atoms with Crippen LogP contribution in [-0.2, 0) is 38.7 Å². The summed E-state index contributed by atoms with van der Waals surface area (Å²) in [6.07, 6.45) is -1.44. The normalized spacial score (nSPS) is 22.0. The molecule has 0 aromatic carbocycles.